The quantitative estimate of drug-likeness (QED) is 0.687. The van der Waals surface area contributed by atoms with Gasteiger partial charge in [0, 0.05) is 6.54 Å². The fraction of sp³-hybridized carbons (Fsp3) is 0.579. The largest absolute Gasteiger partial charge is 0.303 e. The molecule has 20 heavy (non-hydrogen) atoms. The summed E-state index contributed by atoms with van der Waals surface area (Å²) < 4.78 is 0. The van der Waals surface area contributed by atoms with Crippen molar-refractivity contribution in [3.05, 3.63) is 48.0 Å². The Hall–Kier alpha value is -1.08. The van der Waals surface area contributed by atoms with Crippen LogP contribution in [0.3, 0.4) is 0 Å². The predicted molar refractivity (Wildman–Crippen MR) is 90.1 cm³/mol. The Balaban J connectivity index is 0.000000956. The molecule has 1 heteroatoms. The van der Waals surface area contributed by atoms with E-state index in [2.05, 4.69) is 48.7 Å². The normalized spacial score (nSPS) is 16.4. The molecule has 1 aromatic carbocycles. The number of piperidine rings is 1. The summed E-state index contributed by atoms with van der Waals surface area (Å²) in [6, 6.07) is 10.9. The van der Waals surface area contributed by atoms with Gasteiger partial charge in [0.2, 0.25) is 0 Å². The van der Waals surface area contributed by atoms with E-state index in [1.54, 1.807) is 0 Å². The van der Waals surface area contributed by atoms with Crippen LogP contribution < -0.4 is 0 Å². The molecular formula is C19H31N. The maximum absolute atomic E-state index is 3.98. The first-order valence-corrected chi connectivity index (χ1v) is 8.14. The van der Waals surface area contributed by atoms with Crippen LogP contribution in [0, 0.1) is 5.92 Å². The second kappa shape index (κ2) is 9.77. The molecule has 112 valence electrons. The van der Waals surface area contributed by atoms with E-state index in [1.165, 1.54) is 50.0 Å². The average Bonchev–Trinajstić information content (AvgIpc) is 2.50. The molecule has 2 rings (SSSR count). The molecule has 1 saturated heterocycles. The highest BCUT2D eigenvalue weighted by atomic mass is 15.1. The summed E-state index contributed by atoms with van der Waals surface area (Å²) in [6.07, 6.45) is 5.12. The van der Waals surface area contributed by atoms with Crippen molar-refractivity contribution in [3.8, 4) is 0 Å². The Morgan fingerprint density at radius 1 is 1.15 bits per heavy atom. The van der Waals surface area contributed by atoms with E-state index in [9.17, 15) is 0 Å². The SMILES string of the molecule is C=C(C)CCN1CCC(Cc2ccccc2)CC1.CC. The summed E-state index contributed by atoms with van der Waals surface area (Å²) >= 11 is 0. The number of hydrogen-bond acceptors (Lipinski definition) is 1. The smallest absolute Gasteiger partial charge is 0.00184 e. The molecule has 1 fully saturated rings. The summed E-state index contributed by atoms with van der Waals surface area (Å²) in [4.78, 5) is 2.59. The fourth-order valence-electron chi connectivity index (χ4n) is 2.71. The van der Waals surface area contributed by atoms with Crippen LogP contribution in [0.5, 0.6) is 0 Å². The predicted octanol–water partition coefficient (Wildman–Crippen LogP) is 4.93. The van der Waals surface area contributed by atoms with E-state index in [4.69, 9.17) is 0 Å². The van der Waals surface area contributed by atoms with E-state index in [-0.39, 0.29) is 0 Å². The Labute approximate surface area is 125 Å². The molecule has 1 aliphatic heterocycles. The van der Waals surface area contributed by atoms with Crippen LogP contribution in [0.4, 0.5) is 0 Å². The van der Waals surface area contributed by atoms with E-state index in [1.807, 2.05) is 13.8 Å². The van der Waals surface area contributed by atoms with E-state index >= 15 is 0 Å². The van der Waals surface area contributed by atoms with Crippen LogP contribution in [-0.4, -0.2) is 24.5 Å². The zero-order valence-electron chi connectivity index (χ0n) is 13.6. The zero-order chi connectivity index (χ0) is 14.8. The molecule has 0 bridgehead atoms. The second-order valence-electron chi connectivity index (χ2n) is 5.68. The van der Waals surface area contributed by atoms with Gasteiger partial charge in [0.05, 0.1) is 0 Å². The molecule has 0 aliphatic carbocycles. The third kappa shape index (κ3) is 6.38. The molecule has 0 unspecified atom stereocenters. The Morgan fingerprint density at radius 3 is 2.30 bits per heavy atom. The molecule has 0 spiro atoms. The second-order valence-corrected chi connectivity index (χ2v) is 5.68. The molecule has 0 amide bonds. The summed E-state index contributed by atoms with van der Waals surface area (Å²) in [5.74, 6) is 0.883. The zero-order valence-corrected chi connectivity index (χ0v) is 13.6. The molecular weight excluding hydrogens is 242 g/mol. The maximum atomic E-state index is 3.98. The van der Waals surface area contributed by atoms with E-state index < -0.39 is 0 Å². The molecule has 0 aromatic heterocycles. The van der Waals surface area contributed by atoms with Crippen molar-refractivity contribution in [1.82, 2.24) is 4.90 Å². The van der Waals surface area contributed by atoms with Crippen molar-refractivity contribution < 1.29 is 0 Å². The third-order valence-electron chi connectivity index (χ3n) is 3.93. The van der Waals surface area contributed by atoms with Gasteiger partial charge in [-0.05, 0) is 57.2 Å². The molecule has 1 aromatic rings. The van der Waals surface area contributed by atoms with Crippen LogP contribution in [0.15, 0.2) is 42.5 Å². The van der Waals surface area contributed by atoms with Gasteiger partial charge in [-0.25, -0.2) is 0 Å². The minimum absolute atomic E-state index is 0.883. The Morgan fingerprint density at radius 2 is 1.75 bits per heavy atom. The number of likely N-dealkylation sites (tertiary alicyclic amines) is 1. The van der Waals surface area contributed by atoms with Gasteiger partial charge in [-0.2, -0.15) is 0 Å². The van der Waals surface area contributed by atoms with Crippen LogP contribution in [-0.2, 0) is 6.42 Å². The van der Waals surface area contributed by atoms with Crippen LogP contribution in [0.2, 0.25) is 0 Å². The van der Waals surface area contributed by atoms with E-state index in [0.29, 0.717) is 0 Å². The summed E-state index contributed by atoms with van der Waals surface area (Å²) in [6.45, 7) is 13.8. The number of rotatable bonds is 5. The van der Waals surface area contributed by atoms with Gasteiger partial charge in [0.1, 0.15) is 0 Å². The van der Waals surface area contributed by atoms with Gasteiger partial charge >= 0.3 is 0 Å². The van der Waals surface area contributed by atoms with Crippen molar-refractivity contribution in [3.63, 3.8) is 0 Å². The molecule has 0 atom stereocenters. The third-order valence-corrected chi connectivity index (χ3v) is 3.93. The molecule has 0 radical (unpaired) electrons. The van der Waals surface area contributed by atoms with Gasteiger partial charge in [0.25, 0.3) is 0 Å². The first-order valence-electron chi connectivity index (χ1n) is 8.14. The minimum atomic E-state index is 0.883. The molecule has 0 saturated carbocycles. The summed E-state index contributed by atoms with van der Waals surface area (Å²) in [5, 5.41) is 0. The average molecular weight is 273 g/mol. The van der Waals surface area contributed by atoms with Gasteiger partial charge < -0.3 is 4.90 Å². The summed E-state index contributed by atoms with van der Waals surface area (Å²) in [7, 11) is 0. The maximum Gasteiger partial charge on any atom is 0.00184 e. The van der Waals surface area contributed by atoms with Crippen molar-refractivity contribution in [2.24, 2.45) is 5.92 Å². The van der Waals surface area contributed by atoms with Crippen molar-refractivity contribution in [2.75, 3.05) is 19.6 Å². The number of benzene rings is 1. The Kier molecular flexibility index (Phi) is 8.29. The highest BCUT2D eigenvalue weighted by molar-refractivity contribution is 5.15. The lowest BCUT2D eigenvalue weighted by Gasteiger charge is -2.32. The lowest BCUT2D eigenvalue weighted by atomic mass is 9.90. The van der Waals surface area contributed by atoms with Gasteiger partial charge in [0.15, 0.2) is 0 Å². The molecule has 1 heterocycles. The lowest BCUT2D eigenvalue weighted by molar-refractivity contribution is 0.186. The van der Waals surface area contributed by atoms with Crippen molar-refractivity contribution in [2.45, 2.75) is 46.5 Å². The lowest BCUT2D eigenvalue weighted by Crippen LogP contribution is -2.35. The highest BCUT2D eigenvalue weighted by Crippen LogP contribution is 2.21. The first kappa shape index (κ1) is 17.0. The van der Waals surface area contributed by atoms with Gasteiger partial charge in [-0.3, -0.25) is 0 Å². The number of hydrogen-bond donors (Lipinski definition) is 0. The standard InChI is InChI=1S/C17H25N.C2H6/c1-15(2)8-11-18-12-9-17(10-13-18)14-16-6-4-3-5-7-16;1-2/h3-7,17H,1,8-14H2,2H3;1-2H3. The van der Waals surface area contributed by atoms with E-state index in [0.717, 1.165) is 12.3 Å². The number of nitrogens with zero attached hydrogens (tertiary/aromatic N) is 1. The van der Waals surface area contributed by atoms with Crippen LogP contribution >= 0.6 is 0 Å². The molecule has 1 nitrogen and oxygen atoms in total. The Bertz CT molecular complexity index is 361. The monoisotopic (exact) mass is 273 g/mol. The van der Waals surface area contributed by atoms with Crippen LogP contribution in [0.1, 0.15) is 45.6 Å². The van der Waals surface area contributed by atoms with Crippen LogP contribution in [0.25, 0.3) is 0 Å². The highest BCUT2D eigenvalue weighted by Gasteiger charge is 2.18. The fourth-order valence-corrected chi connectivity index (χ4v) is 2.71. The molecule has 1 aliphatic rings. The first-order chi connectivity index (χ1) is 9.74. The van der Waals surface area contributed by atoms with Gasteiger partial charge in [-0.15, -0.1) is 6.58 Å². The van der Waals surface area contributed by atoms with Crippen molar-refractivity contribution >= 4 is 0 Å². The van der Waals surface area contributed by atoms with Gasteiger partial charge in [-0.1, -0.05) is 49.8 Å². The van der Waals surface area contributed by atoms with Crippen molar-refractivity contribution in [1.29, 1.82) is 0 Å². The topological polar surface area (TPSA) is 3.24 Å². The summed E-state index contributed by atoms with van der Waals surface area (Å²) in [5.41, 5.74) is 2.80. The minimum Gasteiger partial charge on any atom is -0.303 e. The molecule has 0 N–H and O–H groups in total.